The first kappa shape index (κ1) is 13.9. The first-order chi connectivity index (χ1) is 9.10. The van der Waals surface area contributed by atoms with Crippen molar-refractivity contribution in [2.45, 2.75) is 26.4 Å². The van der Waals surface area contributed by atoms with Crippen LogP contribution in [-0.4, -0.2) is 16.9 Å². The summed E-state index contributed by atoms with van der Waals surface area (Å²) in [5, 5.41) is 7.65. The summed E-state index contributed by atoms with van der Waals surface area (Å²) in [6.45, 7) is 4.97. The lowest BCUT2D eigenvalue weighted by atomic mass is 10.2. The van der Waals surface area contributed by atoms with Crippen LogP contribution >= 0.6 is 15.9 Å². The van der Waals surface area contributed by atoms with Crippen molar-refractivity contribution < 1.29 is 4.74 Å². The third kappa shape index (κ3) is 3.50. The van der Waals surface area contributed by atoms with Crippen molar-refractivity contribution in [1.82, 2.24) is 9.78 Å². The number of halogens is 1. The van der Waals surface area contributed by atoms with E-state index in [1.54, 1.807) is 7.11 Å². The van der Waals surface area contributed by atoms with E-state index < -0.39 is 0 Å². The number of ether oxygens (including phenoxy) is 1. The van der Waals surface area contributed by atoms with E-state index in [0.29, 0.717) is 6.04 Å². The van der Waals surface area contributed by atoms with Crippen LogP contribution in [0.15, 0.2) is 35.1 Å². The molecule has 0 spiro atoms. The number of anilines is 1. The minimum absolute atomic E-state index is 0.380. The Morgan fingerprint density at radius 3 is 2.79 bits per heavy atom. The fourth-order valence-electron chi connectivity index (χ4n) is 1.74. The second-order valence-electron chi connectivity index (χ2n) is 4.63. The number of methoxy groups -OCH3 is 1. The van der Waals surface area contributed by atoms with Gasteiger partial charge in [0.2, 0.25) is 0 Å². The highest BCUT2D eigenvalue weighted by Gasteiger charge is 2.03. The molecule has 1 N–H and O–H groups in total. The fraction of sp³-hybridized carbons (Fsp3) is 0.357. The molecule has 0 aliphatic heterocycles. The topological polar surface area (TPSA) is 39.1 Å². The Labute approximate surface area is 121 Å². The van der Waals surface area contributed by atoms with Gasteiger partial charge in [0.05, 0.1) is 23.5 Å². The van der Waals surface area contributed by atoms with Crippen LogP contribution in [-0.2, 0) is 6.54 Å². The summed E-state index contributed by atoms with van der Waals surface area (Å²) in [6.07, 6.45) is 3.86. The van der Waals surface area contributed by atoms with E-state index in [1.807, 2.05) is 29.2 Å². The molecule has 0 bridgehead atoms. The number of hydrogen-bond donors (Lipinski definition) is 1. The van der Waals surface area contributed by atoms with Crippen LogP contribution in [0.1, 0.15) is 25.5 Å². The molecule has 0 saturated heterocycles. The maximum atomic E-state index is 5.21. The van der Waals surface area contributed by atoms with Crippen LogP contribution in [0.2, 0.25) is 0 Å². The number of nitrogens with zero attached hydrogens (tertiary/aromatic N) is 2. The van der Waals surface area contributed by atoms with Crippen molar-refractivity contribution in [3.8, 4) is 5.75 Å². The molecule has 102 valence electrons. The Kier molecular flexibility index (Phi) is 4.47. The number of rotatable bonds is 5. The molecule has 0 aliphatic carbocycles. The number of hydrogen-bond acceptors (Lipinski definition) is 3. The van der Waals surface area contributed by atoms with Gasteiger partial charge in [-0.1, -0.05) is 6.07 Å². The normalized spacial score (nSPS) is 10.8. The molecule has 0 radical (unpaired) electrons. The average molecular weight is 324 g/mol. The lowest BCUT2D eigenvalue weighted by Crippen LogP contribution is -2.01. The van der Waals surface area contributed by atoms with Gasteiger partial charge in [-0.2, -0.15) is 5.10 Å². The zero-order chi connectivity index (χ0) is 13.8. The minimum atomic E-state index is 0.380. The molecule has 0 fully saturated rings. The SMILES string of the molecule is COc1ccc(CNc2cnn(C(C)C)c2)cc1Br. The van der Waals surface area contributed by atoms with E-state index in [4.69, 9.17) is 4.74 Å². The number of nitrogens with one attached hydrogen (secondary N) is 1. The summed E-state index contributed by atoms with van der Waals surface area (Å²) in [6, 6.07) is 6.44. The molecule has 2 rings (SSSR count). The van der Waals surface area contributed by atoms with Crippen LogP contribution in [0.25, 0.3) is 0 Å². The van der Waals surface area contributed by atoms with E-state index in [0.717, 1.165) is 22.5 Å². The van der Waals surface area contributed by atoms with Crippen molar-refractivity contribution in [2.24, 2.45) is 0 Å². The standard InChI is InChI=1S/C14H18BrN3O/c1-10(2)18-9-12(8-17-18)16-7-11-4-5-14(19-3)13(15)6-11/h4-6,8-10,16H,7H2,1-3H3. The van der Waals surface area contributed by atoms with Gasteiger partial charge in [0.15, 0.2) is 0 Å². The highest BCUT2D eigenvalue weighted by Crippen LogP contribution is 2.25. The van der Waals surface area contributed by atoms with Gasteiger partial charge in [0.25, 0.3) is 0 Å². The van der Waals surface area contributed by atoms with Crippen molar-refractivity contribution in [3.63, 3.8) is 0 Å². The summed E-state index contributed by atoms with van der Waals surface area (Å²) in [4.78, 5) is 0. The van der Waals surface area contributed by atoms with Crippen LogP contribution in [0.3, 0.4) is 0 Å². The average Bonchev–Trinajstić information content (AvgIpc) is 2.85. The molecule has 2 aromatic rings. The summed E-state index contributed by atoms with van der Waals surface area (Å²) >= 11 is 3.49. The highest BCUT2D eigenvalue weighted by atomic mass is 79.9. The second-order valence-corrected chi connectivity index (χ2v) is 5.48. The van der Waals surface area contributed by atoms with E-state index >= 15 is 0 Å². The molecule has 0 saturated carbocycles. The van der Waals surface area contributed by atoms with Crippen LogP contribution in [0, 0.1) is 0 Å². The maximum absolute atomic E-state index is 5.21. The van der Waals surface area contributed by atoms with Crippen LogP contribution in [0.4, 0.5) is 5.69 Å². The van der Waals surface area contributed by atoms with Crippen molar-refractivity contribution >= 4 is 21.6 Å². The van der Waals surface area contributed by atoms with E-state index in [-0.39, 0.29) is 0 Å². The lowest BCUT2D eigenvalue weighted by Gasteiger charge is -2.07. The highest BCUT2D eigenvalue weighted by molar-refractivity contribution is 9.10. The molecule has 1 aromatic carbocycles. The Balaban J connectivity index is 1.99. The predicted molar refractivity (Wildman–Crippen MR) is 80.6 cm³/mol. The van der Waals surface area contributed by atoms with Gasteiger partial charge >= 0.3 is 0 Å². The molecule has 0 aliphatic rings. The lowest BCUT2D eigenvalue weighted by molar-refractivity contribution is 0.412. The molecule has 0 atom stereocenters. The number of aromatic nitrogens is 2. The summed E-state index contributed by atoms with van der Waals surface area (Å²) in [5.41, 5.74) is 2.21. The first-order valence-corrected chi connectivity index (χ1v) is 7.00. The summed E-state index contributed by atoms with van der Waals surface area (Å²) in [7, 11) is 1.67. The van der Waals surface area contributed by atoms with E-state index in [2.05, 4.69) is 46.3 Å². The van der Waals surface area contributed by atoms with Crippen LogP contribution < -0.4 is 10.1 Å². The van der Waals surface area contributed by atoms with Gasteiger partial charge < -0.3 is 10.1 Å². The van der Waals surface area contributed by atoms with Gasteiger partial charge in [-0.25, -0.2) is 0 Å². The van der Waals surface area contributed by atoms with Gasteiger partial charge in [-0.05, 0) is 47.5 Å². The van der Waals surface area contributed by atoms with Crippen LogP contribution in [0.5, 0.6) is 5.75 Å². The summed E-state index contributed by atoms with van der Waals surface area (Å²) < 4.78 is 8.11. The molecule has 0 unspecified atom stereocenters. The predicted octanol–water partition coefficient (Wildman–Crippen LogP) is 3.85. The molecular formula is C14H18BrN3O. The van der Waals surface area contributed by atoms with Crippen molar-refractivity contribution in [3.05, 3.63) is 40.6 Å². The van der Waals surface area contributed by atoms with Gasteiger partial charge in [-0.15, -0.1) is 0 Å². The second kappa shape index (κ2) is 6.10. The van der Waals surface area contributed by atoms with E-state index in [9.17, 15) is 0 Å². The van der Waals surface area contributed by atoms with Gasteiger partial charge in [-0.3, -0.25) is 4.68 Å². The largest absolute Gasteiger partial charge is 0.496 e. The molecular weight excluding hydrogens is 306 g/mol. The third-order valence-corrected chi connectivity index (χ3v) is 3.46. The summed E-state index contributed by atoms with van der Waals surface area (Å²) in [5.74, 6) is 0.844. The molecule has 4 nitrogen and oxygen atoms in total. The first-order valence-electron chi connectivity index (χ1n) is 6.20. The Morgan fingerprint density at radius 1 is 1.42 bits per heavy atom. The maximum Gasteiger partial charge on any atom is 0.133 e. The minimum Gasteiger partial charge on any atom is -0.496 e. The van der Waals surface area contributed by atoms with E-state index in [1.165, 1.54) is 5.56 Å². The van der Waals surface area contributed by atoms with Gasteiger partial charge in [0.1, 0.15) is 5.75 Å². The zero-order valence-corrected chi connectivity index (χ0v) is 12.9. The Bertz CT molecular complexity index is 551. The molecule has 1 aromatic heterocycles. The number of benzene rings is 1. The zero-order valence-electron chi connectivity index (χ0n) is 11.4. The Hall–Kier alpha value is -1.49. The fourth-order valence-corrected chi connectivity index (χ4v) is 2.32. The molecule has 5 heteroatoms. The third-order valence-electron chi connectivity index (χ3n) is 2.84. The molecule has 1 heterocycles. The van der Waals surface area contributed by atoms with Crippen molar-refractivity contribution in [1.29, 1.82) is 0 Å². The monoisotopic (exact) mass is 323 g/mol. The quantitative estimate of drug-likeness (QED) is 0.908. The Morgan fingerprint density at radius 2 is 2.21 bits per heavy atom. The molecule has 0 amide bonds. The van der Waals surface area contributed by atoms with Crippen molar-refractivity contribution in [2.75, 3.05) is 12.4 Å². The molecule has 19 heavy (non-hydrogen) atoms. The smallest absolute Gasteiger partial charge is 0.133 e. The van der Waals surface area contributed by atoms with Gasteiger partial charge in [0, 0.05) is 18.8 Å².